The molecule has 1 unspecified atom stereocenters. The summed E-state index contributed by atoms with van der Waals surface area (Å²) in [6, 6.07) is -0.553. The van der Waals surface area contributed by atoms with E-state index in [0.29, 0.717) is 6.54 Å². The minimum absolute atomic E-state index is 0.0858. The molecule has 2 rings (SSSR count). The molecule has 1 heterocycles. The Balaban J connectivity index is 2.17. The number of carbonyl (C=O) groups excluding carboxylic acids is 1. The van der Waals surface area contributed by atoms with Gasteiger partial charge in [0.2, 0.25) is 5.91 Å². The Morgan fingerprint density at radius 1 is 1.36 bits per heavy atom. The molecule has 1 amide bonds. The van der Waals surface area contributed by atoms with Crippen LogP contribution in [0, 0.1) is 5.41 Å². The Hall–Kier alpha value is -1.06. The highest BCUT2D eigenvalue weighted by molar-refractivity contribution is 5.85. The van der Waals surface area contributed by atoms with Crippen LogP contribution in [-0.2, 0) is 9.59 Å². The third kappa shape index (κ3) is 1.13. The summed E-state index contributed by atoms with van der Waals surface area (Å²) in [5.74, 6) is -0.955. The van der Waals surface area contributed by atoms with E-state index in [4.69, 9.17) is 5.11 Å². The number of hydrogen-bond acceptors (Lipinski definition) is 2. The van der Waals surface area contributed by atoms with Gasteiger partial charge in [-0.1, -0.05) is 12.8 Å². The third-order valence-corrected chi connectivity index (χ3v) is 3.61. The first-order valence-corrected chi connectivity index (χ1v) is 5.07. The largest absolute Gasteiger partial charge is 0.480 e. The molecule has 1 aliphatic heterocycles. The number of aliphatic carboxylic acids is 1. The lowest BCUT2D eigenvalue weighted by Gasteiger charge is -2.53. The zero-order valence-electron chi connectivity index (χ0n) is 8.32. The number of amides is 1. The predicted molar refractivity (Wildman–Crippen MR) is 49.7 cm³/mol. The topological polar surface area (TPSA) is 57.6 Å². The van der Waals surface area contributed by atoms with Gasteiger partial charge in [-0.15, -0.1) is 0 Å². The molecule has 1 spiro atoms. The fourth-order valence-electron chi connectivity index (χ4n) is 2.93. The molecule has 0 radical (unpaired) electrons. The van der Waals surface area contributed by atoms with Crippen LogP contribution in [0.25, 0.3) is 0 Å². The zero-order valence-corrected chi connectivity index (χ0v) is 8.32. The summed E-state index contributed by atoms with van der Waals surface area (Å²) in [5.41, 5.74) is -0.0858. The van der Waals surface area contributed by atoms with Crippen LogP contribution in [0.2, 0.25) is 0 Å². The first kappa shape index (κ1) is 9.49. The van der Waals surface area contributed by atoms with Crippen molar-refractivity contribution >= 4 is 11.9 Å². The molecule has 1 N–H and O–H groups in total. The molecule has 2 aliphatic rings. The monoisotopic (exact) mass is 197 g/mol. The molecular weight excluding hydrogens is 182 g/mol. The van der Waals surface area contributed by atoms with Crippen molar-refractivity contribution < 1.29 is 14.7 Å². The average Bonchev–Trinajstić information content (AvgIpc) is 2.47. The molecule has 0 aromatic carbocycles. The minimum Gasteiger partial charge on any atom is -0.480 e. The van der Waals surface area contributed by atoms with Crippen LogP contribution in [0.15, 0.2) is 0 Å². The number of rotatable bonds is 1. The molecule has 0 aromatic rings. The second-order valence-electron chi connectivity index (χ2n) is 4.46. The number of carbonyl (C=O) groups is 2. The van der Waals surface area contributed by atoms with Gasteiger partial charge in [-0.25, -0.2) is 4.79 Å². The summed E-state index contributed by atoms with van der Waals surface area (Å²) in [5, 5.41) is 9.08. The van der Waals surface area contributed by atoms with E-state index in [9.17, 15) is 9.59 Å². The third-order valence-electron chi connectivity index (χ3n) is 3.61. The molecule has 0 aromatic heterocycles. The van der Waals surface area contributed by atoms with Crippen molar-refractivity contribution in [1.29, 1.82) is 0 Å². The molecule has 4 heteroatoms. The Labute approximate surface area is 82.9 Å². The fraction of sp³-hybridized carbons (Fsp3) is 0.800. The van der Waals surface area contributed by atoms with E-state index >= 15 is 0 Å². The number of carboxylic acid groups (broad SMARTS) is 1. The molecule has 1 saturated heterocycles. The molecule has 2 fully saturated rings. The molecule has 4 nitrogen and oxygen atoms in total. The molecule has 1 saturated carbocycles. The second kappa shape index (κ2) is 2.97. The van der Waals surface area contributed by atoms with Crippen LogP contribution in [0.3, 0.4) is 0 Å². The van der Waals surface area contributed by atoms with Gasteiger partial charge in [0.15, 0.2) is 0 Å². The highest BCUT2D eigenvalue weighted by atomic mass is 16.4. The summed E-state index contributed by atoms with van der Waals surface area (Å²) >= 11 is 0. The molecular formula is C10H15NO3. The van der Waals surface area contributed by atoms with Gasteiger partial charge in [0.25, 0.3) is 0 Å². The fourth-order valence-corrected chi connectivity index (χ4v) is 2.93. The number of likely N-dealkylation sites (tertiary alicyclic amines) is 1. The van der Waals surface area contributed by atoms with Crippen LogP contribution in [0.1, 0.15) is 32.6 Å². The molecule has 1 atom stereocenters. The summed E-state index contributed by atoms with van der Waals surface area (Å²) in [6.07, 6.45) is 4.15. The van der Waals surface area contributed by atoms with Crippen molar-refractivity contribution in [2.75, 3.05) is 6.54 Å². The Morgan fingerprint density at radius 2 is 1.93 bits per heavy atom. The quantitative estimate of drug-likeness (QED) is 0.678. The number of hydrogen-bond donors (Lipinski definition) is 1. The minimum atomic E-state index is -0.839. The van der Waals surface area contributed by atoms with E-state index in [-0.39, 0.29) is 11.3 Å². The van der Waals surface area contributed by atoms with Crippen molar-refractivity contribution in [3.05, 3.63) is 0 Å². The zero-order chi connectivity index (χ0) is 10.3. The summed E-state index contributed by atoms with van der Waals surface area (Å²) in [4.78, 5) is 23.7. The van der Waals surface area contributed by atoms with Crippen LogP contribution >= 0.6 is 0 Å². The Kier molecular flexibility index (Phi) is 2.01. The van der Waals surface area contributed by atoms with Crippen LogP contribution in [0.4, 0.5) is 0 Å². The number of carboxylic acids is 1. The highest BCUT2D eigenvalue weighted by Crippen LogP contribution is 2.50. The maximum atomic E-state index is 11.1. The van der Waals surface area contributed by atoms with Crippen LogP contribution in [-0.4, -0.2) is 34.5 Å². The van der Waals surface area contributed by atoms with Crippen molar-refractivity contribution in [3.8, 4) is 0 Å². The first-order valence-electron chi connectivity index (χ1n) is 5.07. The maximum Gasteiger partial charge on any atom is 0.327 e. The van der Waals surface area contributed by atoms with Gasteiger partial charge >= 0.3 is 5.97 Å². The van der Waals surface area contributed by atoms with E-state index in [1.165, 1.54) is 11.8 Å². The van der Waals surface area contributed by atoms with Crippen LogP contribution in [0.5, 0.6) is 0 Å². The van der Waals surface area contributed by atoms with E-state index in [2.05, 4.69) is 0 Å². The first-order chi connectivity index (χ1) is 6.57. The predicted octanol–water partition coefficient (Wildman–Crippen LogP) is 0.862. The van der Waals surface area contributed by atoms with Gasteiger partial charge in [-0.3, -0.25) is 4.79 Å². The van der Waals surface area contributed by atoms with Crippen molar-refractivity contribution in [2.24, 2.45) is 5.41 Å². The smallest absolute Gasteiger partial charge is 0.327 e. The van der Waals surface area contributed by atoms with E-state index in [0.717, 1.165) is 25.7 Å². The van der Waals surface area contributed by atoms with Gasteiger partial charge < -0.3 is 10.0 Å². The lowest BCUT2D eigenvalue weighted by Crippen LogP contribution is -2.68. The van der Waals surface area contributed by atoms with Crippen molar-refractivity contribution in [2.45, 2.75) is 38.6 Å². The van der Waals surface area contributed by atoms with Gasteiger partial charge in [-0.05, 0) is 12.8 Å². The average molecular weight is 197 g/mol. The van der Waals surface area contributed by atoms with E-state index in [1.54, 1.807) is 0 Å². The standard InChI is InChI=1S/C10H15NO3/c1-7(12)11-6-10(4-2-3-5-10)8(11)9(13)14/h8H,2-6H2,1H3,(H,13,14). The van der Waals surface area contributed by atoms with E-state index < -0.39 is 12.0 Å². The van der Waals surface area contributed by atoms with Gasteiger partial charge in [0, 0.05) is 18.9 Å². The lowest BCUT2D eigenvalue weighted by molar-refractivity contribution is -0.173. The van der Waals surface area contributed by atoms with Crippen molar-refractivity contribution in [3.63, 3.8) is 0 Å². The normalized spacial score (nSPS) is 28.9. The van der Waals surface area contributed by atoms with Gasteiger partial charge in [-0.2, -0.15) is 0 Å². The highest BCUT2D eigenvalue weighted by Gasteiger charge is 2.58. The maximum absolute atomic E-state index is 11.1. The van der Waals surface area contributed by atoms with Gasteiger partial charge in [0.05, 0.1) is 0 Å². The molecule has 1 aliphatic carbocycles. The summed E-state index contributed by atoms with van der Waals surface area (Å²) < 4.78 is 0. The SMILES string of the molecule is CC(=O)N1CC2(CCCC2)C1C(=O)O. The molecule has 78 valence electrons. The molecule has 14 heavy (non-hydrogen) atoms. The molecule has 0 bridgehead atoms. The van der Waals surface area contributed by atoms with E-state index in [1.807, 2.05) is 0 Å². The summed E-state index contributed by atoms with van der Waals surface area (Å²) in [6.45, 7) is 2.09. The second-order valence-corrected chi connectivity index (χ2v) is 4.46. The Bertz CT molecular complexity index is 281. The van der Waals surface area contributed by atoms with Crippen LogP contribution < -0.4 is 0 Å². The lowest BCUT2D eigenvalue weighted by atomic mass is 9.70. The van der Waals surface area contributed by atoms with Crippen molar-refractivity contribution in [1.82, 2.24) is 4.90 Å². The summed E-state index contributed by atoms with van der Waals surface area (Å²) in [7, 11) is 0. The number of nitrogens with zero attached hydrogens (tertiary/aromatic N) is 1. The van der Waals surface area contributed by atoms with Gasteiger partial charge in [0.1, 0.15) is 6.04 Å². The Morgan fingerprint density at radius 3 is 2.36 bits per heavy atom.